The molecule has 1 aliphatic rings. The number of carbonyl (C=O) groups excluding carboxylic acids is 1. The first-order chi connectivity index (χ1) is 8.79. The first-order valence-electron chi connectivity index (χ1n) is 6.78. The minimum Gasteiger partial charge on any atom is -0.469 e. The summed E-state index contributed by atoms with van der Waals surface area (Å²) >= 11 is 0. The first-order valence-corrected chi connectivity index (χ1v) is 6.78. The van der Waals surface area contributed by atoms with Gasteiger partial charge in [-0.25, -0.2) is 0 Å². The number of furan rings is 1. The Morgan fingerprint density at radius 1 is 1.44 bits per heavy atom. The van der Waals surface area contributed by atoms with E-state index in [0.29, 0.717) is 24.7 Å². The molecule has 0 radical (unpaired) electrons. The lowest BCUT2D eigenvalue weighted by Gasteiger charge is -2.18. The van der Waals surface area contributed by atoms with Crippen molar-refractivity contribution in [3.63, 3.8) is 0 Å². The molecule has 1 aliphatic carbocycles. The second kappa shape index (κ2) is 6.59. The maximum Gasteiger partial charge on any atom is 0.220 e. The summed E-state index contributed by atoms with van der Waals surface area (Å²) in [5.74, 6) is 2.14. The maximum atomic E-state index is 11.7. The Labute approximate surface area is 108 Å². The normalized spacial score (nSPS) is 23.2. The van der Waals surface area contributed by atoms with Crippen molar-refractivity contribution in [2.75, 3.05) is 13.1 Å². The van der Waals surface area contributed by atoms with Crippen molar-refractivity contribution >= 4 is 5.91 Å². The molecule has 1 fully saturated rings. The summed E-state index contributed by atoms with van der Waals surface area (Å²) < 4.78 is 5.20. The highest BCUT2D eigenvalue weighted by Gasteiger charge is 2.25. The lowest BCUT2D eigenvalue weighted by atomic mass is 9.96. The topological polar surface area (TPSA) is 68.3 Å². The second-order valence-corrected chi connectivity index (χ2v) is 5.07. The van der Waals surface area contributed by atoms with Gasteiger partial charge in [0.25, 0.3) is 0 Å². The van der Waals surface area contributed by atoms with Crippen LogP contribution in [-0.2, 0) is 11.2 Å². The predicted molar refractivity (Wildman–Crippen MR) is 69.9 cm³/mol. The van der Waals surface area contributed by atoms with Gasteiger partial charge in [0.05, 0.1) is 6.26 Å². The molecule has 4 heteroatoms. The molecule has 0 spiro atoms. The number of amides is 1. The van der Waals surface area contributed by atoms with Crippen LogP contribution in [0.25, 0.3) is 0 Å². The number of aryl methyl sites for hydroxylation is 1. The van der Waals surface area contributed by atoms with Crippen molar-refractivity contribution < 1.29 is 9.21 Å². The summed E-state index contributed by atoms with van der Waals surface area (Å²) in [5, 5.41) is 3.02. The fourth-order valence-corrected chi connectivity index (χ4v) is 2.72. The van der Waals surface area contributed by atoms with Gasteiger partial charge in [0.15, 0.2) is 0 Å². The van der Waals surface area contributed by atoms with E-state index in [9.17, 15) is 4.79 Å². The molecule has 4 nitrogen and oxygen atoms in total. The molecule has 100 valence electrons. The van der Waals surface area contributed by atoms with Crippen molar-refractivity contribution in [2.45, 2.75) is 32.1 Å². The van der Waals surface area contributed by atoms with Crippen LogP contribution >= 0.6 is 0 Å². The van der Waals surface area contributed by atoms with E-state index in [-0.39, 0.29) is 5.91 Å². The summed E-state index contributed by atoms with van der Waals surface area (Å²) in [7, 11) is 0. The van der Waals surface area contributed by atoms with E-state index in [1.54, 1.807) is 6.26 Å². The molecular formula is C14H22N2O2. The molecule has 0 aliphatic heterocycles. The molecule has 1 saturated carbocycles. The second-order valence-electron chi connectivity index (χ2n) is 5.07. The maximum absolute atomic E-state index is 11.7. The number of hydrogen-bond acceptors (Lipinski definition) is 3. The average molecular weight is 250 g/mol. The van der Waals surface area contributed by atoms with Crippen molar-refractivity contribution in [1.29, 1.82) is 0 Å². The monoisotopic (exact) mass is 250 g/mol. The molecule has 18 heavy (non-hydrogen) atoms. The summed E-state index contributed by atoms with van der Waals surface area (Å²) in [6.07, 6.45) is 6.45. The van der Waals surface area contributed by atoms with Crippen LogP contribution < -0.4 is 11.1 Å². The van der Waals surface area contributed by atoms with E-state index in [0.717, 1.165) is 18.8 Å². The Morgan fingerprint density at radius 2 is 2.28 bits per heavy atom. The van der Waals surface area contributed by atoms with E-state index in [1.165, 1.54) is 19.3 Å². The van der Waals surface area contributed by atoms with Crippen LogP contribution in [0, 0.1) is 11.8 Å². The molecule has 0 saturated heterocycles. The van der Waals surface area contributed by atoms with Gasteiger partial charge < -0.3 is 15.5 Å². The van der Waals surface area contributed by atoms with Crippen molar-refractivity contribution in [1.82, 2.24) is 5.32 Å². The van der Waals surface area contributed by atoms with Gasteiger partial charge in [0, 0.05) is 19.4 Å². The Morgan fingerprint density at radius 3 is 3.00 bits per heavy atom. The van der Waals surface area contributed by atoms with Crippen LogP contribution in [0.5, 0.6) is 0 Å². The largest absolute Gasteiger partial charge is 0.469 e. The van der Waals surface area contributed by atoms with Crippen LogP contribution in [0.2, 0.25) is 0 Å². The van der Waals surface area contributed by atoms with Gasteiger partial charge in [-0.3, -0.25) is 4.79 Å². The fraction of sp³-hybridized carbons (Fsp3) is 0.643. The Kier molecular flexibility index (Phi) is 4.81. The molecule has 0 aromatic carbocycles. The molecule has 1 aromatic rings. The van der Waals surface area contributed by atoms with Gasteiger partial charge in [-0.05, 0) is 43.4 Å². The van der Waals surface area contributed by atoms with Gasteiger partial charge in [-0.1, -0.05) is 6.42 Å². The zero-order chi connectivity index (χ0) is 12.8. The van der Waals surface area contributed by atoms with Crippen LogP contribution in [0.1, 0.15) is 31.4 Å². The summed E-state index contributed by atoms with van der Waals surface area (Å²) in [6, 6.07) is 3.74. The van der Waals surface area contributed by atoms with Crippen molar-refractivity contribution in [2.24, 2.45) is 17.6 Å². The third-order valence-corrected chi connectivity index (χ3v) is 3.86. The Bertz CT molecular complexity index is 362. The Hall–Kier alpha value is -1.29. The fourth-order valence-electron chi connectivity index (χ4n) is 2.72. The third-order valence-electron chi connectivity index (χ3n) is 3.86. The number of hydrogen-bond donors (Lipinski definition) is 2. The van der Waals surface area contributed by atoms with Gasteiger partial charge in [0.2, 0.25) is 5.91 Å². The van der Waals surface area contributed by atoms with Crippen molar-refractivity contribution in [3.05, 3.63) is 24.2 Å². The highest BCUT2D eigenvalue weighted by Crippen LogP contribution is 2.30. The number of nitrogens with two attached hydrogens (primary N) is 1. The molecule has 1 aromatic heterocycles. The number of rotatable bonds is 6. The average Bonchev–Trinajstić information content (AvgIpc) is 3.04. The standard InChI is InChI=1S/C14H22N2O2/c15-9-11-3-1-4-12(11)10-16-14(17)7-6-13-5-2-8-18-13/h2,5,8,11-12H,1,3-4,6-7,9-10,15H2,(H,16,17). The molecule has 2 unspecified atom stereocenters. The summed E-state index contributed by atoms with van der Waals surface area (Å²) in [5.41, 5.74) is 5.73. The summed E-state index contributed by atoms with van der Waals surface area (Å²) in [4.78, 5) is 11.7. The first kappa shape index (κ1) is 13.1. The third kappa shape index (κ3) is 3.60. The molecule has 1 heterocycles. The van der Waals surface area contributed by atoms with Crippen LogP contribution in [0.4, 0.5) is 0 Å². The number of nitrogens with one attached hydrogen (secondary N) is 1. The molecule has 2 atom stereocenters. The minimum absolute atomic E-state index is 0.106. The molecular weight excluding hydrogens is 228 g/mol. The van der Waals surface area contributed by atoms with Crippen LogP contribution in [-0.4, -0.2) is 19.0 Å². The van der Waals surface area contributed by atoms with Gasteiger partial charge in [0.1, 0.15) is 5.76 Å². The van der Waals surface area contributed by atoms with E-state index in [2.05, 4.69) is 5.32 Å². The van der Waals surface area contributed by atoms with Crippen LogP contribution in [0.15, 0.2) is 22.8 Å². The van der Waals surface area contributed by atoms with E-state index < -0.39 is 0 Å². The number of carbonyl (C=O) groups is 1. The van der Waals surface area contributed by atoms with Gasteiger partial charge >= 0.3 is 0 Å². The smallest absolute Gasteiger partial charge is 0.220 e. The minimum atomic E-state index is 0.106. The van der Waals surface area contributed by atoms with Crippen LogP contribution in [0.3, 0.4) is 0 Å². The highest BCUT2D eigenvalue weighted by atomic mass is 16.3. The Balaban J connectivity index is 1.65. The SMILES string of the molecule is NCC1CCCC1CNC(=O)CCc1ccco1. The van der Waals surface area contributed by atoms with Gasteiger partial charge in [-0.2, -0.15) is 0 Å². The lowest BCUT2D eigenvalue weighted by Crippen LogP contribution is -2.32. The molecule has 0 bridgehead atoms. The zero-order valence-corrected chi connectivity index (χ0v) is 10.7. The molecule has 1 amide bonds. The predicted octanol–water partition coefficient (Wildman–Crippen LogP) is 1.70. The van der Waals surface area contributed by atoms with E-state index in [1.807, 2.05) is 12.1 Å². The lowest BCUT2D eigenvalue weighted by molar-refractivity contribution is -0.121. The quantitative estimate of drug-likeness (QED) is 0.807. The van der Waals surface area contributed by atoms with E-state index in [4.69, 9.17) is 10.2 Å². The summed E-state index contributed by atoms with van der Waals surface area (Å²) in [6.45, 7) is 1.52. The molecule has 2 rings (SSSR count). The van der Waals surface area contributed by atoms with E-state index >= 15 is 0 Å². The molecule has 3 N–H and O–H groups in total. The van der Waals surface area contributed by atoms with Crippen molar-refractivity contribution in [3.8, 4) is 0 Å². The zero-order valence-electron chi connectivity index (χ0n) is 10.7. The van der Waals surface area contributed by atoms with Gasteiger partial charge in [-0.15, -0.1) is 0 Å². The highest BCUT2D eigenvalue weighted by molar-refractivity contribution is 5.76.